The number of hydrogen-bond acceptors (Lipinski definition) is 3. The zero-order valence-electron chi connectivity index (χ0n) is 39.6. The number of rotatable bonds is 14. The van der Waals surface area contributed by atoms with E-state index in [4.69, 9.17) is 11.9 Å². The fourth-order valence-corrected chi connectivity index (χ4v) is 35.4. The van der Waals surface area contributed by atoms with Gasteiger partial charge in [-0.1, -0.05) is 6.07 Å². The Labute approximate surface area is 424 Å². The number of hydrogen-bond donors (Lipinski definition) is 0. The van der Waals surface area contributed by atoms with Gasteiger partial charge in [0.1, 0.15) is 0 Å². The van der Waals surface area contributed by atoms with Gasteiger partial charge >= 0.3 is 421 Å². The Morgan fingerprint density at radius 1 is 0.222 bits per heavy atom. The van der Waals surface area contributed by atoms with Crippen LogP contribution in [0, 0.1) is 0 Å². The first-order chi connectivity index (χ1) is 35.6. The van der Waals surface area contributed by atoms with Gasteiger partial charge in [-0.2, -0.15) is 0 Å². The van der Waals surface area contributed by atoms with E-state index in [1.54, 1.807) is 0 Å². The van der Waals surface area contributed by atoms with Crippen LogP contribution in [0.1, 0.15) is 0 Å². The normalized spacial score (nSPS) is 12.9. The molecule has 0 aliphatic rings. The van der Waals surface area contributed by atoms with Crippen molar-refractivity contribution in [2.75, 3.05) is 0 Å². The van der Waals surface area contributed by atoms with Gasteiger partial charge in [-0.3, -0.25) is 0 Å². The van der Waals surface area contributed by atoms with E-state index in [0.717, 1.165) is 45.6 Å². The van der Waals surface area contributed by atoms with Crippen molar-refractivity contribution in [3.8, 4) is 5.75 Å². The summed E-state index contributed by atoms with van der Waals surface area (Å²) in [4.78, 5) is 0. The average molecular weight is 1050 g/mol. The van der Waals surface area contributed by atoms with Gasteiger partial charge in [0.25, 0.3) is 0 Å². The van der Waals surface area contributed by atoms with Crippen LogP contribution >= 0.6 is 0 Å². The Balaban J connectivity index is 1.21. The van der Waals surface area contributed by atoms with Gasteiger partial charge in [0.2, 0.25) is 0 Å². The van der Waals surface area contributed by atoms with Crippen LogP contribution in [0.4, 0.5) is 0 Å². The van der Waals surface area contributed by atoms with Crippen molar-refractivity contribution in [3.63, 3.8) is 0 Å². The molecule has 72 heavy (non-hydrogen) atoms. The zero-order valence-corrected chi connectivity index (χ0v) is 43.4. The van der Waals surface area contributed by atoms with Crippen LogP contribution in [0.3, 0.4) is 0 Å². The van der Waals surface area contributed by atoms with Crippen molar-refractivity contribution in [1.29, 1.82) is 0 Å². The topological polar surface area (TPSA) is 27.7 Å². The van der Waals surface area contributed by atoms with E-state index in [1.165, 1.54) is 21.5 Å². The summed E-state index contributed by atoms with van der Waals surface area (Å²) < 4.78 is 33.7. The average Bonchev–Trinajstić information content (AvgIpc) is 3.47. The van der Waals surface area contributed by atoms with E-state index in [-0.39, 0.29) is 0 Å². The van der Waals surface area contributed by atoms with Crippen LogP contribution in [0.5, 0.6) is 5.75 Å². The molecule has 12 aromatic carbocycles. The summed E-state index contributed by atoms with van der Waals surface area (Å²) in [5.74, 6) is 0.618. The fraction of sp³-hybridized carbons (Fsp3) is 0. The summed E-state index contributed by atoms with van der Waals surface area (Å²) in [6.07, 6.45) is 0. The molecule has 0 spiro atoms. The van der Waals surface area contributed by atoms with Gasteiger partial charge < -0.3 is 0 Å². The van der Waals surface area contributed by atoms with Gasteiger partial charge in [0.15, 0.2) is 0 Å². The third-order valence-electron chi connectivity index (χ3n) is 14.5. The second-order valence-corrected chi connectivity index (χ2v) is 36.5. The Morgan fingerprint density at radius 2 is 0.500 bits per heavy atom. The molecule has 0 saturated carbocycles. The minimum absolute atomic E-state index is 0.618. The van der Waals surface area contributed by atoms with Crippen LogP contribution in [0.15, 0.2) is 309 Å². The molecule has 0 aliphatic carbocycles. The second kappa shape index (κ2) is 18.8. The van der Waals surface area contributed by atoms with E-state index in [1.807, 2.05) is 0 Å². The van der Waals surface area contributed by atoms with E-state index in [2.05, 4.69) is 309 Å². The van der Waals surface area contributed by atoms with Crippen LogP contribution in [-0.4, -0.2) is 32.9 Å². The predicted octanol–water partition coefficient (Wildman–Crippen LogP) is 10.6. The Bertz CT molecular complexity index is 3280. The van der Waals surface area contributed by atoms with Crippen LogP contribution in [-0.2, 0) is 7.29 Å². The van der Waals surface area contributed by atoms with Gasteiger partial charge in [-0.25, -0.2) is 0 Å². The molecule has 0 bridgehead atoms. The van der Waals surface area contributed by atoms with Crippen molar-refractivity contribution in [2.45, 2.75) is 0 Å². The van der Waals surface area contributed by atoms with Crippen molar-refractivity contribution >= 4 is 100 Å². The van der Waals surface area contributed by atoms with E-state index >= 15 is 0 Å². The standard InChI is InChI=1S/C66H51As2BO3/c1-9-29-56(30-10-1)67(57-31-11-2-12-32-57,58-33-13-3-14-34-58,59-35-15-4-16-36-59)71-69(70-64-47-48-65-55(50-64)46-45-54-49-52-27-25-26-28-53(52)51-66(54)65)72-68(60-37-17-5-18-38-60,61-39-19-6-20-40-61,62-41-21-7-22-42-62)63-43-23-8-24-44-63/h1-51H. The summed E-state index contributed by atoms with van der Waals surface area (Å²) in [5, 5.41) is 6.98. The Hall–Kier alpha value is -7.68. The van der Waals surface area contributed by atoms with E-state index in [9.17, 15) is 0 Å². The number of fused-ring (bicyclic) bond motifs is 4. The zero-order chi connectivity index (χ0) is 48.3. The minimum atomic E-state index is -5.43. The monoisotopic (exact) mass is 1050 g/mol. The Kier molecular flexibility index (Phi) is 11.9. The first-order valence-corrected chi connectivity index (χ1v) is 33.5. The summed E-state index contributed by atoms with van der Waals surface area (Å²) >= 11 is -10.9. The molecule has 0 fully saturated rings. The fourth-order valence-electron chi connectivity index (χ4n) is 11.3. The molecule has 0 saturated heterocycles. The molecule has 0 aromatic heterocycles. The molecule has 346 valence electrons. The summed E-state index contributed by atoms with van der Waals surface area (Å²) in [6.45, 7) is 0. The molecular weight excluding hydrogens is 1000 g/mol. The van der Waals surface area contributed by atoms with Crippen molar-refractivity contribution < 1.29 is 11.9 Å². The third-order valence-corrected chi connectivity index (χ3v) is 38.5. The quantitative estimate of drug-likeness (QED) is 0.0617. The number of benzene rings is 12. The maximum absolute atomic E-state index is 8.75. The molecule has 0 N–H and O–H groups in total. The van der Waals surface area contributed by atoms with Gasteiger partial charge in [-0.05, 0) is 0 Å². The van der Waals surface area contributed by atoms with Gasteiger partial charge in [-0.15, -0.1) is 0 Å². The molecule has 0 amide bonds. The molecule has 12 aromatic rings. The van der Waals surface area contributed by atoms with Crippen molar-refractivity contribution in [1.82, 2.24) is 0 Å². The first kappa shape index (κ1) is 45.5. The van der Waals surface area contributed by atoms with Gasteiger partial charge in [0.05, 0.1) is 0 Å². The predicted molar refractivity (Wildman–Crippen MR) is 308 cm³/mol. The summed E-state index contributed by atoms with van der Waals surface area (Å²) in [7, 11) is -1.36. The molecule has 12 rings (SSSR count). The molecular formula is C66H51As2BO3. The van der Waals surface area contributed by atoms with E-state index in [0.29, 0.717) is 5.75 Å². The first-order valence-electron chi connectivity index (χ1n) is 24.5. The van der Waals surface area contributed by atoms with Crippen LogP contribution in [0.25, 0.3) is 32.3 Å². The molecule has 0 radical (unpaired) electrons. The molecule has 0 atom stereocenters. The summed E-state index contributed by atoms with van der Waals surface area (Å²) in [6, 6.07) is 111. The molecule has 0 aliphatic heterocycles. The SMILES string of the molecule is c1ccc([As](OB(Oc2ccc3c(ccc4cc5ccccc5cc43)c2)O[As](c2ccccc2)(c2ccccc2)(c2ccccc2)c2ccccc2)(c2ccccc2)(c2ccccc2)c2ccccc2)cc1. The van der Waals surface area contributed by atoms with Gasteiger partial charge in [0, 0.05) is 0 Å². The maximum atomic E-state index is 8.75. The third kappa shape index (κ3) is 7.13. The molecule has 6 heteroatoms. The van der Waals surface area contributed by atoms with Crippen LogP contribution < -0.4 is 39.5 Å². The Morgan fingerprint density at radius 3 is 0.819 bits per heavy atom. The van der Waals surface area contributed by atoms with E-state index < -0.39 is 32.9 Å². The van der Waals surface area contributed by atoms with Crippen LogP contribution in [0.2, 0.25) is 0 Å². The molecule has 0 heterocycles. The van der Waals surface area contributed by atoms with Crippen molar-refractivity contribution in [2.24, 2.45) is 0 Å². The van der Waals surface area contributed by atoms with Crippen molar-refractivity contribution in [3.05, 3.63) is 309 Å². The second-order valence-electron chi connectivity index (χ2n) is 18.2. The summed E-state index contributed by atoms with van der Waals surface area (Å²) in [5.41, 5.74) is 0. The molecule has 0 unspecified atom stereocenters. The molecule has 3 nitrogen and oxygen atoms in total.